The number of aromatic amines is 2. The molecule has 0 aliphatic carbocycles. The van der Waals surface area contributed by atoms with Crippen molar-refractivity contribution >= 4 is 11.9 Å². The van der Waals surface area contributed by atoms with Gasteiger partial charge in [0.25, 0.3) is 0 Å². The number of piperidine rings is 1. The van der Waals surface area contributed by atoms with Crippen LogP contribution in [0.2, 0.25) is 0 Å². The van der Waals surface area contributed by atoms with Gasteiger partial charge in [-0.1, -0.05) is 73.7 Å². The molecule has 0 radical (unpaired) electrons. The average molecular weight is 844 g/mol. The summed E-state index contributed by atoms with van der Waals surface area (Å²) in [6.07, 6.45) is 6.89. The van der Waals surface area contributed by atoms with Gasteiger partial charge in [-0.25, -0.2) is 9.97 Å². The van der Waals surface area contributed by atoms with Crippen molar-refractivity contribution in [3.05, 3.63) is 120 Å². The highest BCUT2D eigenvalue weighted by atomic mass is 16.5. The van der Waals surface area contributed by atoms with Crippen molar-refractivity contribution in [2.24, 2.45) is 29.6 Å². The van der Waals surface area contributed by atoms with E-state index < -0.39 is 35.6 Å². The zero-order valence-electron chi connectivity index (χ0n) is 35.0. The topological polar surface area (TPSA) is 240 Å². The van der Waals surface area contributed by atoms with Gasteiger partial charge in [0, 0.05) is 42.9 Å². The number of carboxylic acid groups (broad SMARTS) is 2. The number of carbonyl (C=O) groups is 2. The highest BCUT2D eigenvalue weighted by molar-refractivity contribution is 5.71. The number of nitrogens with one attached hydrogen (secondary N) is 3. The van der Waals surface area contributed by atoms with E-state index in [1.165, 1.54) is 0 Å². The van der Waals surface area contributed by atoms with Crippen LogP contribution in [0.1, 0.15) is 92.5 Å². The first-order valence-electron chi connectivity index (χ1n) is 21.1. The van der Waals surface area contributed by atoms with Crippen molar-refractivity contribution in [2.75, 3.05) is 13.1 Å². The van der Waals surface area contributed by atoms with E-state index >= 15 is 0 Å². The van der Waals surface area contributed by atoms with Crippen LogP contribution in [0.5, 0.6) is 23.3 Å². The predicted molar refractivity (Wildman–Crippen MR) is 227 cm³/mol. The molecule has 17 heteroatoms. The molecule has 324 valence electrons. The maximum atomic E-state index is 12.9. The molecule has 7 atom stereocenters. The van der Waals surface area contributed by atoms with E-state index in [-0.39, 0.29) is 17.8 Å². The SMILES string of the molecule is CC(C)C[C@H](C(=O)O)[C@H](Cc1ccc(Oc2cccc(C3CNCC(CC(C)C[C@H](C(=O)O)[C@H](Cc4ccc(Oc5ccccc5)nc4)c4nn[nH]n4)C3)c2)nc1)c1nn[nH]n1. The lowest BCUT2D eigenvalue weighted by Crippen LogP contribution is -2.36. The summed E-state index contributed by atoms with van der Waals surface area (Å²) in [6, 6.07) is 24.8. The van der Waals surface area contributed by atoms with Crippen LogP contribution in [-0.2, 0) is 22.4 Å². The van der Waals surface area contributed by atoms with Crippen LogP contribution >= 0.6 is 0 Å². The van der Waals surface area contributed by atoms with Gasteiger partial charge >= 0.3 is 11.9 Å². The molecule has 5 N–H and O–H groups in total. The lowest BCUT2D eigenvalue weighted by molar-refractivity contribution is -0.144. The Kier molecular flexibility index (Phi) is 14.6. The fraction of sp³-hybridized carbons (Fsp3) is 0.422. The maximum Gasteiger partial charge on any atom is 0.307 e. The standard InChI is InChI=1S/C45H53N11O6/c1-27(2)16-38(44(57)58)36(42-49-53-54-50-42)20-29-13-15-41(48-25-29)62-35-11-7-8-32(22-35)33-19-31(23-46-26-33)17-28(3)18-39(45(59)60)37(43-51-55-56-52-43)21-30-12-14-40(47-24-30)61-34-9-5-4-6-10-34/h4-15,22,24-25,27-28,31,33,36-39,46H,16-21,23,26H2,1-3H3,(H,57,58)(H,59,60)(H,49,50,53,54)(H,51,52,55,56)/t28?,31?,33?,36-,37-,38-,39-/m0/s1. The third-order valence-electron chi connectivity index (χ3n) is 11.6. The second-order valence-corrected chi connectivity index (χ2v) is 16.8. The van der Waals surface area contributed by atoms with Crippen molar-refractivity contribution in [1.29, 1.82) is 0 Å². The second kappa shape index (κ2) is 20.8. The first kappa shape index (κ1) is 43.5. The number of aromatic nitrogens is 10. The van der Waals surface area contributed by atoms with Gasteiger partial charge in [-0.05, 0) is 110 Å². The molecule has 0 spiro atoms. The van der Waals surface area contributed by atoms with Gasteiger partial charge in [-0.15, -0.1) is 20.4 Å². The van der Waals surface area contributed by atoms with Crippen LogP contribution in [0.4, 0.5) is 0 Å². The Labute approximate surface area is 359 Å². The zero-order valence-corrected chi connectivity index (χ0v) is 35.0. The van der Waals surface area contributed by atoms with Gasteiger partial charge in [0.05, 0.1) is 11.8 Å². The Morgan fingerprint density at radius 1 is 0.710 bits per heavy atom. The molecular weight excluding hydrogens is 791 g/mol. The third kappa shape index (κ3) is 11.8. The summed E-state index contributed by atoms with van der Waals surface area (Å²) in [5, 5.41) is 53.4. The van der Waals surface area contributed by atoms with E-state index in [0.717, 1.165) is 42.6 Å². The first-order chi connectivity index (χ1) is 30.1. The maximum absolute atomic E-state index is 12.9. The highest BCUT2D eigenvalue weighted by Crippen LogP contribution is 2.37. The van der Waals surface area contributed by atoms with Gasteiger partial charge in [-0.3, -0.25) is 9.59 Å². The van der Waals surface area contributed by atoms with E-state index in [2.05, 4.69) is 75.6 Å². The number of tetrazole rings is 2. The Hall–Kier alpha value is -6.62. The van der Waals surface area contributed by atoms with E-state index in [9.17, 15) is 19.8 Å². The molecule has 17 nitrogen and oxygen atoms in total. The highest BCUT2D eigenvalue weighted by Gasteiger charge is 2.36. The number of hydrogen-bond donors (Lipinski definition) is 5. The van der Waals surface area contributed by atoms with Crippen LogP contribution in [-0.4, -0.2) is 86.5 Å². The smallest absolute Gasteiger partial charge is 0.307 e. The Morgan fingerprint density at radius 2 is 1.29 bits per heavy atom. The number of carboxylic acids is 2. The molecule has 6 aromatic rings. The molecule has 1 aliphatic rings. The number of nitrogens with zero attached hydrogens (tertiary/aromatic N) is 8. The fourth-order valence-electron chi connectivity index (χ4n) is 8.68. The quantitative estimate of drug-likeness (QED) is 0.0490. The number of hydrogen-bond acceptors (Lipinski definition) is 13. The van der Waals surface area contributed by atoms with Gasteiger partial charge in [0.1, 0.15) is 11.5 Å². The summed E-state index contributed by atoms with van der Waals surface area (Å²) in [6.45, 7) is 7.78. The molecule has 1 aliphatic heterocycles. The number of H-pyrrole nitrogens is 2. The number of para-hydroxylation sites is 1. The van der Waals surface area contributed by atoms with E-state index in [0.29, 0.717) is 66.5 Å². The van der Waals surface area contributed by atoms with Gasteiger partial charge in [0.15, 0.2) is 11.6 Å². The molecule has 4 aromatic heterocycles. The van der Waals surface area contributed by atoms with Crippen molar-refractivity contribution in [1.82, 2.24) is 56.5 Å². The van der Waals surface area contributed by atoms with E-state index in [1.54, 1.807) is 24.5 Å². The monoisotopic (exact) mass is 843 g/mol. The van der Waals surface area contributed by atoms with Gasteiger partial charge in [0.2, 0.25) is 11.8 Å². The van der Waals surface area contributed by atoms with Crippen molar-refractivity contribution in [3.63, 3.8) is 0 Å². The molecule has 7 rings (SSSR count). The number of aliphatic carboxylic acids is 2. The average Bonchev–Trinajstić information content (AvgIpc) is 4.01. The van der Waals surface area contributed by atoms with Gasteiger partial charge < -0.3 is 25.0 Å². The largest absolute Gasteiger partial charge is 0.481 e. The van der Waals surface area contributed by atoms with Crippen LogP contribution in [0.25, 0.3) is 0 Å². The summed E-state index contributed by atoms with van der Waals surface area (Å²) >= 11 is 0. The van der Waals surface area contributed by atoms with Crippen molar-refractivity contribution < 1.29 is 29.3 Å². The number of pyridine rings is 2. The third-order valence-corrected chi connectivity index (χ3v) is 11.6. The number of ether oxygens (including phenoxy) is 2. The van der Waals surface area contributed by atoms with Crippen LogP contribution in [0.3, 0.4) is 0 Å². The molecule has 5 heterocycles. The summed E-state index contributed by atoms with van der Waals surface area (Å²) < 4.78 is 12.1. The summed E-state index contributed by atoms with van der Waals surface area (Å²) in [4.78, 5) is 34.2. The Bertz CT molecular complexity index is 2300. The molecule has 3 unspecified atom stereocenters. The van der Waals surface area contributed by atoms with Crippen molar-refractivity contribution in [2.45, 2.75) is 77.0 Å². The summed E-state index contributed by atoms with van der Waals surface area (Å²) in [7, 11) is 0. The second-order valence-electron chi connectivity index (χ2n) is 16.8. The fourth-order valence-corrected chi connectivity index (χ4v) is 8.68. The van der Waals surface area contributed by atoms with Crippen LogP contribution in [0.15, 0.2) is 91.3 Å². The lowest BCUT2D eigenvalue weighted by atomic mass is 9.76. The predicted octanol–water partition coefficient (Wildman–Crippen LogP) is 7.00. The van der Waals surface area contributed by atoms with E-state index in [4.69, 9.17) is 9.47 Å². The Balaban J connectivity index is 0.956. The van der Waals surface area contributed by atoms with Crippen LogP contribution < -0.4 is 14.8 Å². The molecule has 1 fully saturated rings. The molecule has 1 saturated heterocycles. The summed E-state index contributed by atoms with van der Waals surface area (Å²) in [5.74, 6) is -0.430. The molecule has 0 saturated carbocycles. The minimum Gasteiger partial charge on any atom is -0.481 e. The number of rotatable bonds is 21. The van der Waals surface area contributed by atoms with Crippen molar-refractivity contribution in [3.8, 4) is 23.3 Å². The minimum atomic E-state index is -0.897. The Morgan fingerprint density at radius 3 is 1.82 bits per heavy atom. The van der Waals surface area contributed by atoms with Crippen LogP contribution in [0, 0.1) is 29.6 Å². The summed E-state index contributed by atoms with van der Waals surface area (Å²) in [5.41, 5.74) is 2.82. The molecule has 0 bridgehead atoms. The molecule has 0 amide bonds. The van der Waals surface area contributed by atoms with Gasteiger partial charge in [-0.2, -0.15) is 10.4 Å². The minimum absolute atomic E-state index is 0.104. The first-order valence-corrected chi connectivity index (χ1v) is 21.1. The lowest BCUT2D eigenvalue weighted by Gasteiger charge is -2.33. The normalized spacial score (nSPS) is 17.7. The van der Waals surface area contributed by atoms with E-state index in [1.807, 2.05) is 68.4 Å². The zero-order chi connectivity index (χ0) is 43.4. The molecule has 2 aromatic carbocycles. The molecular formula is C45H53N11O6. The number of benzene rings is 2. The molecule has 62 heavy (non-hydrogen) atoms.